The number of hydrogen-bond donors (Lipinski definition) is 2. The molecule has 0 unspecified atom stereocenters. The van der Waals surface area contributed by atoms with Gasteiger partial charge in [0.15, 0.2) is 18.4 Å². The predicted molar refractivity (Wildman–Crippen MR) is 223 cm³/mol. The monoisotopic (exact) mass is 713 g/mol. The number of allylic oxidation sites excluding steroid dienone is 5. The van der Waals surface area contributed by atoms with Crippen molar-refractivity contribution in [2.45, 2.75) is 48.1 Å². The minimum absolute atomic E-state index is 0.155. The zero-order valence-corrected chi connectivity index (χ0v) is 32.5. The molecule has 2 aromatic carbocycles. The molecular formula is C42H57N4O2S2+. The molecule has 0 bridgehead atoms. The van der Waals surface area contributed by atoms with Gasteiger partial charge in [0.1, 0.15) is 0 Å². The van der Waals surface area contributed by atoms with Crippen LogP contribution in [0.4, 0.5) is 11.4 Å². The van der Waals surface area contributed by atoms with Crippen LogP contribution in [0.15, 0.2) is 89.6 Å². The second kappa shape index (κ2) is 23.0. The van der Waals surface area contributed by atoms with Gasteiger partial charge >= 0.3 is 0 Å². The number of aliphatic hydroxyl groups excluding tert-OH is 2. The molecule has 1 heterocycles. The number of benzene rings is 2. The first-order valence-electron chi connectivity index (χ1n) is 17.7. The van der Waals surface area contributed by atoms with Gasteiger partial charge in [-0.1, -0.05) is 70.2 Å². The Labute approximate surface area is 309 Å². The van der Waals surface area contributed by atoms with Crippen LogP contribution < -0.4 is 14.4 Å². The quantitative estimate of drug-likeness (QED) is 0.0381. The Morgan fingerprint density at radius 2 is 1.40 bits per heavy atom. The molecule has 0 radical (unpaired) electrons. The van der Waals surface area contributed by atoms with Crippen LogP contribution in [0.3, 0.4) is 0 Å². The smallest absolute Gasteiger partial charge is 0.178 e. The van der Waals surface area contributed by atoms with Crippen molar-refractivity contribution in [3.8, 4) is 0 Å². The van der Waals surface area contributed by atoms with Crippen molar-refractivity contribution < 1.29 is 14.8 Å². The van der Waals surface area contributed by atoms with Crippen LogP contribution in [0.2, 0.25) is 0 Å². The molecule has 3 aromatic rings. The van der Waals surface area contributed by atoms with E-state index in [2.05, 4.69) is 145 Å². The first kappa shape index (κ1) is 40.9. The zero-order chi connectivity index (χ0) is 36.1. The molecule has 0 fully saturated rings. The summed E-state index contributed by atoms with van der Waals surface area (Å²) in [6.45, 7) is 17.8. The lowest BCUT2D eigenvalue weighted by molar-refractivity contribution is -0.698. The number of aryl methyl sites for hydroxylation is 4. The van der Waals surface area contributed by atoms with Crippen LogP contribution in [0.5, 0.6) is 0 Å². The van der Waals surface area contributed by atoms with E-state index in [1.807, 2.05) is 40.8 Å². The van der Waals surface area contributed by atoms with Crippen molar-refractivity contribution in [1.29, 1.82) is 0 Å². The number of rotatable bonds is 21. The van der Waals surface area contributed by atoms with Gasteiger partial charge in [0.2, 0.25) is 0 Å². The number of hydrogen-bond acceptors (Lipinski definition) is 7. The molecule has 0 aliphatic heterocycles. The largest absolute Gasteiger partial charge is 0.395 e. The first-order chi connectivity index (χ1) is 24.3. The van der Waals surface area contributed by atoms with Crippen molar-refractivity contribution in [2.75, 3.05) is 67.2 Å². The second-order valence-electron chi connectivity index (χ2n) is 12.0. The minimum Gasteiger partial charge on any atom is -0.395 e. The highest BCUT2D eigenvalue weighted by Crippen LogP contribution is 2.23. The van der Waals surface area contributed by atoms with Crippen LogP contribution in [0.1, 0.15) is 54.3 Å². The molecule has 0 saturated heterocycles. The van der Waals surface area contributed by atoms with E-state index in [9.17, 15) is 10.2 Å². The molecule has 268 valence electrons. The Hall–Kier alpha value is -3.56. The predicted octanol–water partition coefficient (Wildman–Crippen LogP) is 8.38. The van der Waals surface area contributed by atoms with Crippen molar-refractivity contribution >= 4 is 57.4 Å². The summed E-state index contributed by atoms with van der Waals surface area (Å²) in [5.74, 6) is 2.02. The Bertz CT molecular complexity index is 1630. The maximum absolute atomic E-state index is 9.34. The van der Waals surface area contributed by atoms with Gasteiger partial charge in [-0.15, -0.1) is 0 Å². The number of aliphatic imine (C=N–C) groups is 1. The molecule has 0 amide bonds. The summed E-state index contributed by atoms with van der Waals surface area (Å²) < 4.78 is 2.32. The molecule has 0 atom stereocenters. The average molecular weight is 714 g/mol. The van der Waals surface area contributed by atoms with E-state index in [0.717, 1.165) is 54.6 Å². The van der Waals surface area contributed by atoms with Gasteiger partial charge in [0, 0.05) is 75.1 Å². The zero-order valence-electron chi connectivity index (χ0n) is 30.9. The van der Waals surface area contributed by atoms with Gasteiger partial charge in [-0.25, -0.2) is 4.57 Å². The van der Waals surface area contributed by atoms with E-state index >= 15 is 0 Å². The molecular weight excluding hydrogens is 657 g/mol. The molecule has 8 heteroatoms. The lowest BCUT2D eigenvalue weighted by Gasteiger charge is -2.22. The van der Waals surface area contributed by atoms with E-state index in [4.69, 9.17) is 0 Å². The van der Waals surface area contributed by atoms with E-state index in [-0.39, 0.29) is 13.2 Å². The molecule has 0 aliphatic rings. The number of nitrogens with zero attached hydrogens (tertiary/aromatic N) is 4. The van der Waals surface area contributed by atoms with Crippen molar-refractivity contribution in [3.05, 3.63) is 118 Å². The number of aromatic nitrogens is 1. The SMILES string of the molecule is C/C=C/C(/C=C/c1ccc(N(CC)CCO)cc1C)=C\C=N\CCSSCC[n+]1ccc(/C=C/c2ccc(N(CC)CCO)cc2C)cc1C. The fourth-order valence-electron chi connectivity index (χ4n) is 5.58. The highest BCUT2D eigenvalue weighted by molar-refractivity contribution is 8.76. The Balaban J connectivity index is 1.42. The van der Waals surface area contributed by atoms with Crippen LogP contribution >= 0.6 is 21.6 Å². The fraction of sp³-hybridized carbons (Fsp3) is 0.381. The van der Waals surface area contributed by atoms with Gasteiger partial charge in [-0.3, -0.25) is 4.99 Å². The fourth-order valence-corrected chi connectivity index (χ4v) is 7.42. The molecule has 2 N–H and O–H groups in total. The van der Waals surface area contributed by atoms with Crippen LogP contribution in [-0.2, 0) is 6.54 Å². The van der Waals surface area contributed by atoms with Gasteiger partial charge in [-0.2, -0.15) is 0 Å². The molecule has 3 rings (SSSR count). The highest BCUT2D eigenvalue weighted by Gasteiger charge is 2.08. The summed E-state index contributed by atoms with van der Waals surface area (Å²) in [5.41, 5.74) is 10.7. The summed E-state index contributed by atoms with van der Waals surface area (Å²) in [5, 5.41) is 18.7. The second-order valence-corrected chi connectivity index (χ2v) is 14.7. The Kier molecular flexibility index (Phi) is 18.8. The number of anilines is 2. The van der Waals surface area contributed by atoms with Crippen LogP contribution in [0.25, 0.3) is 18.2 Å². The van der Waals surface area contributed by atoms with Crippen molar-refractivity contribution in [2.24, 2.45) is 4.99 Å². The Morgan fingerprint density at radius 3 is 1.96 bits per heavy atom. The summed E-state index contributed by atoms with van der Waals surface area (Å²) in [7, 11) is 3.78. The maximum atomic E-state index is 9.34. The van der Waals surface area contributed by atoms with E-state index in [1.165, 1.54) is 33.5 Å². The number of aliphatic hydroxyl groups is 2. The third-order valence-corrected chi connectivity index (χ3v) is 10.8. The Morgan fingerprint density at radius 1 is 0.780 bits per heavy atom. The van der Waals surface area contributed by atoms with E-state index in [1.54, 1.807) is 0 Å². The summed E-state index contributed by atoms with van der Waals surface area (Å²) >= 11 is 0. The topological polar surface area (TPSA) is 63.2 Å². The molecule has 0 aliphatic carbocycles. The molecule has 0 saturated carbocycles. The van der Waals surface area contributed by atoms with Crippen LogP contribution in [-0.4, -0.2) is 73.9 Å². The van der Waals surface area contributed by atoms with Crippen LogP contribution in [0, 0.1) is 20.8 Å². The third-order valence-electron chi connectivity index (χ3n) is 8.46. The van der Waals surface area contributed by atoms with E-state index < -0.39 is 0 Å². The number of pyridine rings is 1. The molecule has 0 spiro atoms. The van der Waals surface area contributed by atoms with Gasteiger partial charge in [-0.05, 0) is 98.4 Å². The summed E-state index contributed by atoms with van der Waals surface area (Å²) in [6.07, 6.45) is 19.0. The molecule has 50 heavy (non-hydrogen) atoms. The third kappa shape index (κ3) is 13.6. The van der Waals surface area contributed by atoms with Crippen molar-refractivity contribution in [1.82, 2.24) is 0 Å². The average Bonchev–Trinajstić information content (AvgIpc) is 3.11. The minimum atomic E-state index is 0.155. The van der Waals surface area contributed by atoms with Gasteiger partial charge < -0.3 is 20.0 Å². The van der Waals surface area contributed by atoms with Gasteiger partial charge in [0.05, 0.1) is 19.0 Å². The summed E-state index contributed by atoms with van der Waals surface area (Å²) in [6, 6.07) is 17.4. The lowest BCUT2D eigenvalue weighted by Crippen LogP contribution is -2.37. The van der Waals surface area contributed by atoms with E-state index in [0.29, 0.717) is 13.1 Å². The molecule has 6 nitrogen and oxygen atoms in total. The number of likely N-dealkylation sites (N-methyl/N-ethyl adjacent to an activating group) is 2. The highest BCUT2D eigenvalue weighted by atomic mass is 33.1. The van der Waals surface area contributed by atoms with Gasteiger partial charge in [0.25, 0.3) is 0 Å². The molecule has 1 aromatic heterocycles. The normalized spacial score (nSPS) is 12.4. The summed E-state index contributed by atoms with van der Waals surface area (Å²) in [4.78, 5) is 8.99. The first-order valence-corrected chi connectivity index (χ1v) is 20.2. The van der Waals surface area contributed by atoms with Crippen molar-refractivity contribution in [3.63, 3.8) is 0 Å². The standard InChI is InChI=1S/C42H57N4O2S2/c1-7-10-37(11-13-39-15-17-41(31-34(39)4)44(8-2)24-27-47)19-21-43-22-29-49-50-30-26-46-23-20-38(33-36(46)6)12-14-40-16-18-42(32-35(40)5)45(9-3)25-28-48/h7,10-21,23,31-33,47-48H,8-9,22,24-30H2,1-6H3/q+1/b10-7+,13-11+,37-19+,43-21+. The lowest BCUT2D eigenvalue weighted by atomic mass is 10.1. The maximum Gasteiger partial charge on any atom is 0.178 e.